The summed E-state index contributed by atoms with van der Waals surface area (Å²) in [5.74, 6) is -0.213. The summed E-state index contributed by atoms with van der Waals surface area (Å²) >= 11 is 5.90. The van der Waals surface area contributed by atoms with Crippen LogP contribution in [-0.2, 0) is 21.2 Å². The van der Waals surface area contributed by atoms with E-state index in [2.05, 4.69) is 6.92 Å². The van der Waals surface area contributed by atoms with Gasteiger partial charge in [-0.05, 0) is 66.9 Å². The van der Waals surface area contributed by atoms with E-state index in [-0.39, 0.29) is 10.6 Å². The maximum atomic E-state index is 13.4. The fraction of sp³-hybridized carbons (Fsp3) is 0.208. The maximum Gasteiger partial charge on any atom is 0.278 e. The second-order valence-corrected chi connectivity index (χ2v) is 9.21. The Bertz CT molecular complexity index is 1100. The molecule has 3 aromatic carbocycles. The van der Waals surface area contributed by atoms with Crippen LogP contribution >= 0.6 is 11.6 Å². The van der Waals surface area contributed by atoms with Crippen molar-refractivity contribution in [2.24, 2.45) is 0 Å². The minimum atomic E-state index is -4.16. The Morgan fingerprint density at radius 3 is 2.19 bits per heavy atom. The van der Waals surface area contributed by atoms with E-state index in [0.717, 1.165) is 29.1 Å². The number of anilines is 1. The number of unbranched alkanes of at least 4 members (excludes halogenated alkanes) is 1. The van der Waals surface area contributed by atoms with E-state index in [1.54, 1.807) is 36.4 Å². The molecule has 3 rings (SSSR count). The van der Waals surface area contributed by atoms with Gasteiger partial charge < -0.3 is 4.74 Å². The van der Waals surface area contributed by atoms with Gasteiger partial charge in [0.15, 0.2) is 6.61 Å². The first-order valence-corrected chi connectivity index (χ1v) is 11.8. The normalized spacial score (nSPS) is 11.2. The number of halogens is 1. The zero-order chi connectivity index (χ0) is 22.3. The number of carbonyl (C=O) groups is 1. The summed E-state index contributed by atoms with van der Waals surface area (Å²) in [5, 5.41) is 0.407. The molecule has 0 heterocycles. The Balaban J connectivity index is 1.92. The van der Waals surface area contributed by atoms with Crippen molar-refractivity contribution >= 4 is 33.2 Å². The van der Waals surface area contributed by atoms with Gasteiger partial charge in [-0.1, -0.05) is 55.3 Å². The number of ether oxygens (including phenoxy) is 1. The van der Waals surface area contributed by atoms with Gasteiger partial charge in [0.1, 0.15) is 5.75 Å². The molecular weight excluding hydrogens is 434 g/mol. The molecule has 0 atom stereocenters. The summed E-state index contributed by atoms with van der Waals surface area (Å²) in [7, 11) is -4.16. The van der Waals surface area contributed by atoms with Gasteiger partial charge in [0.2, 0.25) is 0 Å². The molecule has 0 radical (unpaired) electrons. The number of para-hydroxylation sites is 1. The summed E-state index contributed by atoms with van der Waals surface area (Å²) in [6.07, 6.45) is 3.00. The van der Waals surface area contributed by atoms with Crippen LogP contribution in [0.4, 0.5) is 5.69 Å². The lowest BCUT2D eigenvalue weighted by atomic mass is 10.1. The number of hydrogen-bond donors (Lipinski definition) is 0. The van der Waals surface area contributed by atoms with Gasteiger partial charge in [-0.2, -0.15) is 4.31 Å². The van der Waals surface area contributed by atoms with E-state index in [9.17, 15) is 13.2 Å². The third-order valence-corrected chi connectivity index (χ3v) is 6.69. The lowest BCUT2D eigenvalue weighted by molar-refractivity contribution is -0.119. The summed E-state index contributed by atoms with van der Waals surface area (Å²) in [6.45, 7) is 1.69. The minimum Gasteiger partial charge on any atom is -0.484 e. The molecule has 0 saturated carbocycles. The highest BCUT2D eigenvalue weighted by molar-refractivity contribution is 7.93. The van der Waals surface area contributed by atoms with Gasteiger partial charge in [-0.15, -0.1) is 0 Å². The van der Waals surface area contributed by atoms with Crippen molar-refractivity contribution in [3.05, 3.63) is 89.4 Å². The fourth-order valence-electron chi connectivity index (χ4n) is 3.03. The first-order chi connectivity index (χ1) is 14.9. The highest BCUT2D eigenvalue weighted by atomic mass is 35.5. The molecule has 0 aromatic heterocycles. The molecule has 0 spiro atoms. The van der Waals surface area contributed by atoms with Gasteiger partial charge in [-0.25, -0.2) is 8.42 Å². The largest absolute Gasteiger partial charge is 0.484 e. The summed E-state index contributed by atoms with van der Waals surface area (Å²) < 4.78 is 33.0. The highest BCUT2D eigenvalue weighted by Gasteiger charge is 2.31. The third kappa shape index (κ3) is 5.87. The summed E-state index contributed by atoms with van der Waals surface area (Å²) in [6, 6.07) is 21.5. The van der Waals surface area contributed by atoms with E-state index < -0.39 is 22.5 Å². The second kappa shape index (κ2) is 10.5. The first-order valence-electron chi connectivity index (χ1n) is 10.0. The second-order valence-electron chi connectivity index (χ2n) is 6.99. The molecule has 5 nitrogen and oxygen atoms in total. The molecule has 0 saturated heterocycles. The molecule has 162 valence electrons. The number of hydrogen-bond acceptors (Lipinski definition) is 4. The Kier molecular flexibility index (Phi) is 7.71. The zero-order valence-electron chi connectivity index (χ0n) is 17.2. The van der Waals surface area contributed by atoms with E-state index in [0.29, 0.717) is 10.8 Å². The van der Waals surface area contributed by atoms with Gasteiger partial charge in [0.25, 0.3) is 15.9 Å². The van der Waals surface area contributed by atoms with Gasteiger partial charge in [0.05, 0.1) is 10.6 Å². The summed E-state index contributed by atoms with van der Waals surface area (Å²) in [5.41, 5.74) is 1.35. The molecule has 1 amide bonds. The van der Waals surface area contributed by atoms with Gasteiger partial charge in [-0.3, -0.25) is 4.79 Å². The monoisotopic (exact) mass is 457 g/mol. The van der Waals surface area contributed by atoms with Crippen LogP contribution in [0, 0.1) is 0 Å². The van der Waals surface area contributed by atoms with Crippen molar-refractivity contribution in [1.82, 2.24) is 0 Å². The van der Waals surface area contributed by atoms with Crippen molar-refractivity contribution < 1.29 is 17.9 Å². The van der Waals surface area contributed by atoms with Crippen LogP contribution in [-0.4, -0.2) is 20.9 Å². The molecular formula is C24H24ClNO4S. The number of carbonyl (C=O) groups excluding carboxylic acids is 1. The molecule has 3 aromatic rings. The molecule has 7 heteroatoms. The minimum absolute atomic E-state index is 0.0278. The number of amides is 1. The number of rotatable bonds is 9. The van der Waals surface area contributed by atoms with Crippen molar-refractivity contribution in [3.63, 3.8) is 0 Å². The molecule has 0 unspecified atom stereocenters. The molecule has 0 bridgehead atoms. The fourth-order valence-corrected chi connectivity index (χ4v) is 4.56. The van der Waals surface area contributed by atoms with Crippen LogP contribution in [0.15, 0.2) is 83.8 Å². The van der Waals surface area contributed by atoms with E-state index in [4.69, 9.17) is 16.3 Å². The molecule has 31 heavy (non-hydrogen) atoms. The van der Waals surface area contributed by atoms with Crippen molar-refractivity contribution in [2.75, 3.05) is 10.9 Å². The Labute approximate surface area is 188 Å². The lowest BCUT2D eigenvalue weighted by Gasteiger charge is -2.23. The number of aryl methyl sites for hydroxylation is 1. The van der Waals surface area contributed by atoms with Crippen LogP contribution in [0.2, 0.25) is 5.02 Å². The van der Waals surface area contributed by atoms with Gasteiger partial charge in [0, 0.05) is 5.02 Å². The van der Waals surface area contributed by atoms with Crippen molar-refractivity contribution in [2.45, 2.75) is 31.1 Å². The van der Waals surface area contributed by atoms with Gasteiger partial charge >= 0.3 is 0 Å². The predicted octanol–water partition coefficient (Wildman–Crippen LogP) is 5.48. The maximum absolute atomic E-state index is 13.4. The van der Waals surface area contributed by atoms with Crippen molar-refractivity contribution in [1.29, 1.82) is 0 Å². The topological polar surface area (TPSA) is 63.7 Å². The van der Waals surface area contributed by atoms with Crippen molar-refractivity contribution in [3.8, 4) is 5.75 Å². The quantitative estimate of drug-likeness (QED) is 0.426. The number of nitrogens with zero attached hydrogens (tertiary/aromatic N) is 1. The van der Waals surface area contributed by atoms with Crippen LogP contribution < -0.4 is 9.04 Å². The van der Waals surface area contributed by atoms with E-state index >= 15 is 0 Å². The lowest BCUT2D eigenvalue weighted by Crippen LogP contribution is -2.40. The molecule has 0 aliphatic heterocycles. The average molecular weight is 458 g/mol. The van der Waals surface area contributed by atoms with Crippen LogP contribution in [0.25, 0.3) is 0 Å². The first kappa shape index (κ1) is 22.8. The van der Waals surface area contributed by atoms with E-state index in [1.807, 2.05) is 18.2 Å². The molecule has 0 fully saturated rings. The highest BCUT2D eigenvalue weighted by Crippen LogP contribution is 2.26. The predicted molar refractivity (Wildman–Crippen MR) is 123 cm³/mol. The van der Waals surface area contributed by atoms with Crippen LogP contribution in [0.5, 0.6) is 5.75 Å². The third-order valence-electron chi connectivity index (χ3n) is 4.67. The smallest absolute Gasteiger partial charge is 0.278 e. The Morgan fingerprint density at radius 1 is 0.935 bits per heavy atom. The van der Waals surface area contributed by atoms with Crippen LogP contribution in [0.3, 0.4) is 0 Å². The molecule has 0 aliphatic carbocycles. The van der Waals surface area contributed by atoms with E-state index in [1.165, 1.54) is 24.3 Å². The number of sulfonamides is 1. The standard InChI is InChI=1S/C24H24ClNO4S/c1-2-3-7-19-10-14-21(15-11-19)26(24(27)18-30-22-8-5-4-6-9-22)31(28,29)23-16-12-20(25)13-17-23/h4-6,8-17H,2-3,7,18H2,1H3. The molecule has 0 aliphatic rings. The van der Waals surface area contributed by atoms with Crippen LogP contribution in [0.1, 0.15) is 25.3 Å². The zero-order valence-corrected chi connectivity index (χ0v) is 18.8. The average Bonchev–Trinajstić information content (AvgIpc) is 2.78. The molecule has 0 N–H and O–H groups in total. The summed E-state index contributed by atoms with van der Waals surface area (Å²) in [4.78, 5) is 13.0. The Morgan fingerprint density at radius 2 is 1.58 bits per heavy atom. The Hall–Kier alpha value is -2.83. The number of benzene rings is 3. The SMILES string of the molecule is CCCCc1ccc(N(C(=O)COc2ccccc2)S(=O)(=O)c2ccc(Cl)cc2)cc1.